The molecule has 1 heterocycles. The van der Waals surface area contributed by atoms with Crippen molar-refractivity contribution in [2.45, 2.75) is 19.4 Å². The number of hydrogen-bond donors (Lipinski definition) is 1. The Bertz CT molecular complexity index is 422. The summed E-state index contributed by atoms with van der Waals surface area (Å²) >= 11 is 0. The van der Waals surface area contributed by atoms with E-state index in [9.17, 15) is 9.59 Å². The largest absolute Gasteiger partial charge is 0.464 e. The van der Waals surface area contributed by atoms with E-state index < -0.39 is 17.9 Å². The van der Waals surface area contributed by atoms with Crippen LogP contribution in [0.3, 0.4) is 0 Å². The van der Waals surface area contributed by atoms with Gasteiger partial charge in [0.25, 0.3) is 5.91 Å². The first kappa shape index (κ1) is 15.1. The molecule has 1 amide bonds. The summed E-state index contributed by atoms with van der Waals surface area (Å²) in [5, 5.41) is 0. The third kappa shape index (κ3) is 4.67. The minimum atomic E-state index is -1.25. The van der Waals surface area contributed by atoms with Crippen LogP contribution in [-0.2, 0) is 20.7 Å². The molecular weight excluding hydrogens is 246 g/mol. The van der Waals surface area contributed by atoms with Crippen molar-refractivity contribution in [2.75, 3.05) is 20.2 Å². The van der Waals surface area contributed by atoms with Gasteiger partial charge >= 0.3 is 5.97 Å². The van der Waals surface area contributed by atoms with Crippen molar-refractivity contribution < 1.29 is 14.3 Å². The molecule has 2 N–H and O–H groups in total. The molecule has 0 radical (unpaired) electrons. The molecule has 0 aliphatic carbocycles. The van der Waals surface area contributed by atoms with Gasteiger partial charge in [-0.25, -0.2) is 4.79 Å². The lowest BCUT2D eigenvalue weighted by molar-refractivity contribution is -0.150. The molecule has 1 unspecified atom stereocenters. The van der Waals surface area contributed by atoms with E-state index >= 15 is 0 Å². The van der Waals surface area contributed by atoms with Crippen molar-refractivity contribution in [3.63, 3.8) is 0 Å². The zero-order valence-electron chi connectivity index (χ0n) is 11.2. The van der Waals surface area contributed by atoms with Crippen LogP contribution in [0.25, 0.3) is 0 Å². The molecule has 1 atom stereocenters. The van der Waals surface area contributed by atoms with E-state index in [0.29, 0.717) is 13.0 Å². The summed E-state index contributed by atoms with van der Waals surface area (Å²) in [7, 11) is 1.61. The Hall–Kier alpha value is -1.95. The Kier molecular flexibility index (Phi) is 5.95. The smallest absolute Gasteiger partial charge is 0.332 e. The molecule has 0 spiro atoms. The van der Waals surface area contributed by atoms with Gasteiger partial charge in [-0.15, -0.1) is 0 Å². The molecule has 0 aliphatic rings. The Balaban J connectivity index is 2.46. The van der Waals surface area contributed by atoms with E-state index in [1.165, 1.54) is 4.90 Å². The number of esters is 1. The first-order valence-electron chi connectivity index (χ1n) is 6.12. The summed E-state index contributed by atoms with van der Waals surface area (Å²) in [6.45, 7) is 2.36. The van der Waals surface area contributed by atoms with Crippen LogP contribution < -0.4 is 5.73 Å². The predicted molar refractivity (Wildman–Crippen MR) is 70.2 cm³/mol. The molecule has 0 fully saturated rings. The molecule has 0 aromatic carbocycles. The minimum Gasteiger partial charge on any atom is -0.464 e. The van der Waals surface area contributed by atoms with E-state index in [0.717, 1.165) is 5.56 Å². The van der Waals surface area contributed by atoms with Gasteiger partial charge in [0, 0.05) is 26.0 Å². The molecule has 104 valence electrons. The zero-order chi connectivity index (χ0) is 14.3. The highest BCUT2D eigenvalue weighted by molar-refractivity contribution is 6.01. The number of nitrogens with two attached hydrogens (primary N) is 1. The summed E-state index contributed by atoms with van der Waals surface area (Å²) in [4.78, 5) is 28.6. The van der Waals surface area contributed by atoms with Crippen LogP contribution in [0, 0.1) is 0 Å². The second kappa shape index (κ2) is 7.48. The van der Waals surface area contributed by atoms with Gasteiger partial charge in [0.15, 0.2) is 6.04 Å². The Morgan fingerprint density at radius 1 is 1.42 bits per heavy atom. The lowest BCUT2D eigenvalue weighted by atomic mass is 10.2. The normalized spacial score (nSPS) is 11.7. The van der Waals surface area contributed by atoms with Crippen molar-refractivity contribution in [1.82, 2.24) is 9.88 Å². The quantitative estimate of drug-likeness (QED) is 0.577. The standard InChI is InChI=1S/C13H19N3O3/c1-3-19-13(18)11(14)12(17)16(2)9-6-10-4-7-15-8-5-10/h4-5,7-8,11H,3,6,9,14H2,1-2H3. The number of hydrogen-bond acceptors (Lipinski definition) is 5. The number of rotatable bonds is 6. The fourth-order valence-corrected chi connectivity index (χ4v) is 1.53. The first-order valence-corrected chi connectivity index (χ1v) is 6.12. The lowest BCUT2D eigenvalue weighted by Gasteiger charge is -2.20. The summed E-state index contributed by atoms with van der Waals surface area (Å²) < 4.78 is 4.72. The van der Waals surface area contributed by atoms with Crippen molar-refractivity contribution >= 4 is 11.9 Å². The van der Waals surface area contributed by atoms with Gasteiger partial charge in [-0.1, -0.05) is 0 Å². The third-order valence-corrected chi connectivity index (χ3v) is 2.67. The maximum absolute atomic E-state index is 11.9. The van der Waals surface area contributed by atoms with Gasteiger partial charge in [-0.05, 0) is 31.0 Å². The highest BCUT2D eigenvalue weighted by Gasteiger charge is 2.26. The fraction of sp³-hybridized carbons (Fsp3) is 0.462. The number of carbonyl (C=O) groups excluding carboxylic acids is 2. The average Bonchev–Trinajstić information content (AvgIpc) is 2.44. The number of nitrogens with zero attached hydrogens (tertiary/aromatic N) is 2. The third-order valence-electron chi connectivity index (χ3n) is 2.67. The molecule has 1 rings (SSSR count). The molecule has 0 saturated heterocycles. The minimum absolute atomic E-state index is 0.209. The fourth-order valence-electron chi connectivity index (χ4n) is 1.53. The van der Waals surface area contributed by atoms with Gasteiger partial charge in [-0.2, -0.15) is 0 Å². The van der Waals surface area contributed by atoms with Crippen molar-refractivity contribution in [3.8, 4) is 0 Å². The monoisotopic (exact) mass is 265 g/mol. The van der Waals surface area contributed by atoms with E-state index in [-0.39, 0.29) is 6.61 Å². The van der Waals surface area contributed by atoms with Gasteiger partial charge in [0.05, 0.1) is 6.61 Å². The Labute approximate surface area is 112 Å². The van der Waals surface area contributed by atoms with Crippen LogP contribution in [0.5, 0.6) is 0 Å². The van der Waals surface area contributed by atoms with E-state index in [2.05, 4.69) is 4.98 Å². The summed E-state index contributed by atoms with van der Waals surface area (Å²) in [5.41, 5.74) is 6.61. The number of pyridine rings is 1. The molecular formula is C13H19N3O3. The van der Waals surface area contributed by atoms with Crippen molar-refractivity contribution in [1.29, 1.82) is 0 Å². The van der Waals surface area contributed by atoms with Crippen LogP contribution in [-0.4, -0.2) is 48.0 Å². The van der Waals surface area contributed by atoms with E-state index in [1.807, 2.05) is 12.1 Å². The predicted octanol–water partition coefficient (Wildman–Crippen LogP) is -0.0271. The highest BCUT2D eigenvalue weighted by Crippen LogP contribution is 2.00. The SMILES string of the molecule is CCOC(=O)C(N)C(=O)N(C)CCc1ccncc1. The van der Waals surface area contributed by atoms with E-state index in [4.69, 9.17) is 10.5 Å². The van der Waals surface area contributed by atoms with Crippen molar-refractivity contribution in [3.05, 3.63) is 30.1 Å². The summed E-state index contributed by atoms with van der Waals surface area (Å²) in [6.07, 6.45) is 4.07. The van der Waals surface area contributed by atoms with Crippen LogP contribution in [0.1, 0.15) is 12.5 Å². The Morgan fingerprint density at radius 3 is 2.63 bits per heavy atom. The number of likely N-dealkylation sites (N-methyl/N-ethyl adjacent to an activating group) is 1. The second-order valence-corrected chi connectivity index (χ2v) is 4.09. The van der Waals surface area contributed by atoms with Crippen LogP contribution >= 0.6 is 0 Å². The molecule has 1 aromatic rings. The molecule has 6 nitrogen and oxygen atoms in total. The second-order valence-electron chi connectivity index (χ2n) is 4.09. The van der Waals surface area contributed by atoms with Gasteiger partial charge in [0.1, 0.15) is 0 Å². The molecule has 6 heteroatoms. The van der Waals surface area contributed by atoms with Gasteiger partial charge < -0.3 is 15.4 Å². The summed E-state index contributed by atoms with van der Waals surface area (Å²) in [5.74, 6) is -1.13. The maximum Gasteiger partial charge on any atom is 0.332 e. The number of ether oxygens (including phenoxy) is 1. The summed E-state index contributed by atoms with van der Waals surface area (Å²) in [6, 6.07) is 2.51. The van der Waals surface area contributed by atoms with Crippen LogP contribution in [0.2, 0.25) is 0 Å². The molecule has 0 saturated carbocycles. The molecule has 0 bridgehead atoms. The van der Waals surface area contributed by atoms with Crippen molar-refractivity contribution in [2.24, 2.45) is 5.73 Å². The van der Waals surface area contributed by atoms with Crippen LogP contribution in [0.4, 0.5) is 0 Å². The Morgan fingerprint density at radius 2 is 2.05 bits per heavy atom. The van der Waals surface area contributed by atoms with Crippen LogP contribution in [0.15, 0.2) is 24.5 Å². The van der Waals surface area contributed by atoms with E-state index in [1.54, 1.807) is 26.4 Å². The van der Waals surface area contributed by atoms with Gasteiger partial charge in [-0.3, -0.25) is 9.78 Å². The molecule has 1 aromatic heterocycles. The number of aromatic nitrogens is 1. The average molecular weight is 265 g/mol. The first-order chi connectivity index (χ1) is 9.06. The van der Waals surface area contributed by atoms with Gasteiger partial charge in [0.2, 0.25) is 0 Å². The number of carbonyl (C=O) groups is 2. The molecule has 19 heavy (non-hydrogen) atoms. The molecule has 0 aliphatic heterocycles. The maximum atomic E-state index is 11.9. The topological polar surface area (TPSA) is 85.5 Å². The lowest BCUT2D eigenvalue weighted by Crippen LogP contribution is -2.48. The number of amides is 1. The zero-order valence-corrected chi connectivity index (χ0v) is 11.2. The highest BCUT2D eigenvalue weighted by atomic mass is 16.5.